The molecule has 6 heteroatoms. The number of anilines is 2. The van der Waals surface area contributed by atoms with E-state index in [2.05, 4.69) is 10.2 Å². The molecule has 4 nitrogen and oxygen atoms in total. The van der Waals surface area contributed by atoms with Gasteiger partial charge in [-0.2, -0.15) is 0 Å². The van der Waals surface area contributed by atoms with Gasteiger partial charge < -0.3 is 15.0 Å². The zero-order valence-corrected chi connectivity index (χ0v) is 16.9. The Morgan fingerprint density at radius 2 is 1.97 bits per heavy atom. The first-order chi connectivity index (χ1) is 13.8. The van der Waals surface area contributed by atoms with Gasteiger partial charge in [0.2, 0.25) is 5.91 Å². The zero-order chi connectivity index (χ0) is 20.6. The van der Waals surface area contributed by atoms with Crippen LogP contribution in [0.3, 0.4) is 0 Å². The number of hydrogen-bond donors (Lipinski definition) is 1. The van der Waals surface area contributed by atoms with E-state index in [1.165, 1.54) is 12.1 Å². The van der Waals surface area contributed by atoms with Gasteiger partial charge in [-0.05, 0) is 62.4 Å². The number of nitrogens with one attached hydrogen (secondary N) is 1. The number of rotatable bonds is 5. The van der Waals surface area contributed by atoms with Crippen molar-refractivity contribution in [1.82, 2.24) is 0 Å². The van der Waals surface area contributed by atoms with Gasteiger partial charge in [0.05, 0.1) is 24.4 Å². The Labute approximate surface area is 169 Å². The van der Waals surface area contributed by atoms with E-state index in [9.17, 15) is 13.6 Å². The van der Waals surface area contributed by atoms with E-state index in [0.717, 1.165) is 41.1 Å². The van der Waals surface area contributed by atoms with E-state index >= 15 is 0 Å². The van der Waals surface area contributed by atoms with Crippen LogP contribution in [-0.2, 0) is 11.3 Å². The molecule has 1 fully saturated rings. The molecule has 0 atom stereocenters. The van der Waals surface area contributed by atoms with Gasteiger partial charge in [-0.25, -0.2) is 8.78 Å². The Kier molecular flexibility index (Phi) is 5.19. The Balaban J connectivity index is 1.61. The van der Waals surface area contributed by atoms with Crippen molar-refractivity contribution in [2.75, 3.05) is 23.4 Å². The summed E-state index contributed by atoms with van der Waals surface area (Å²) in [6.45, 7) is 5.90. The van der Waals surface area contributed by atoms with Crippen molar-refractivity contribution in [3.05, 3.63) is 52.8 Å². The highest BCUT2D eigenvalue weighted by atomic mass is 19.1. The predicted octanol–water partition coefficient (Wildman–Crippen LogP) is 5.06. The van der Waals surface area contributed by atoms with Gasteiger partial charge in [0, 0.05) is 18.7 Å². The smallest absolute Gasteiger partial charge is 0.227 e. The van der Waals surface area contributed by atoms with Crippen LogP contribution in [0, 0.1) is 19.7 Å². The third-order valence-corrected chi connectivity index (χ3v) is 5.68. The van der Waals surface area contributed by atoms with Crippen LogP contribution in [0.1, 0.15) is 42.4 Å². The molecule has 154 valence electrons. The molecule has 0 unspecified atom stereocenters. The van der Waals surface area contributed by atoms with Crippen molar-refractivity contribution < 1.29 is 18.3 Å². The molecule has 4 rings (SSSR count). The number of nitrogens with zero attached hydrogens (tertiary/aromatic N) is 1. The normalized spacial score (nSPS) is 17.2. The summed E-state index contributed by atoms with van der Waals surface area (Å²) >= 11 is 0. The number of fused-ring (bicyclic) bond motifs is 1. The van der Waals surface area contributed by atoms with Gasteiger partial charge in [-0.1, -0.05) is 12.1 Å². The molecule has 0 radical (unpaired) electrons. The summed E-state index contributed by atoms with van der Waals surface area (Å²) in [5.74, 6) is 0.196. The Morgan fingerprint density at radius 3 is 2.66 bits per heavy atom. The molecule has 2 aromatic carbocycles. The first-order valence-corrected chi connectivity index (χ1v) is 10.1. The fourth-order valence-corrected chi connectivity index (χ4v) is 3.86. The number of ether oxygens (including phenoxy) is 1. The number of halogens is 2. The van der Waals surface area contributed by atoms with Gasteiger partial charge in [-0.3, -0.25) is 4.79 Å². The maximum Gasteiger partial charge on any atom is 0.227 e. The average molecular weight is 400 g/mol. The van der Waals surface area contributed by atoms with Crippen LogP contribution >= 0.6 is 0 Å². The number of benzene rings is 2. The van der Waals surface area contributed by atoms with Gasteiger partial charge >= 0.3 is 0 Å². The fraction of sp³-hybridized carbons (Fsp3) is 0.435. The lowest BCUT2D eigenvalue weighted by Crippen LogP contribution is -2.24. The first kappa shape index (κ1) is 19.7. The van der Waals surface area contributed by atoms with Gasteiger partial charge in [-0.15, -0.1) is 0 Å². The quantitative estimate of drug-likeness (QED) is 0.763. The van der Waals surface area contributed by atoms with E-state index in [-0.39, 0.29) is 18.1 Å². The van der Waals surface area contributed by atoms with E-state index < -0.39 is 5.67 Å². The van der Waals surface area contributed by atoms with Gasteiger partial charge in [0.15, 0.2) is 0 Å². The van der Waals surface area contributed by atoms with Crippen molar-refractivity contribution in [2.45, 2.75) is 51.7 Å². The molecule has 0 spiro atoms. The van der Waals surface area contributed by atoms with Crippen LogP contribution in [0.15, 0.2) is 30.3 Å². The molecule has 0 bridgehead atoms. The lowest BCUT2D eigenvalue weighted by Gasteiger charge is -2.26. The van der Waals surface area contributed by atoms with E-state index in [1.54, 1.807) is 12.1 Å². The van der Waals surface area contributed by atoms with Crippen LogP contribution in [-0.4, -0.2) is 24.7 Å². The van der Waals surface area contributed by atoms with Gasteiger partial charge in [0.1, 0.15) is 17.2 Å². The fourth-order valence-electron chi connectivity index (χ4n) is 3.86. The Morgan fingerprint density at radius 1 is 1.24 bits per heavy atom. The summed E-state index contributed by atoms with van der Waals surface area (Å²) in [7, 11) is 0. The Hall–Kier alpha value is -2.63. The minimum atomic E-state index is -1.32. The average Bonchev–Trinajstić information content (AvgIpc) is 3.43. The highest BCUT2D eigenvalue weighted by Crippen LogP contribution is 2.44. The number of aryl methyl sites for hydroxylation is 1. The van der Waals surface area contributed by atoms with E-state index in [0.29, 0.717) is 31.7 Å². The topological polar surface area (TPSA) is 41.6 Å². The van der Waals surface area contributed by atoms with Crippen molar-refractivity contribution in [3.8, 4) is 5.75 Å². The maximum absolute atomic E-state index is 13.9. The second-order valence-electron chi connectivity index (χ2n) is 8.17. The number of carbonyl (C=O) groups excluding carboxylic acids is 1. The molecule has 2 aromatic rings. The van der Waals surface area contributed by atoms with Crippen LogP contribution in [0.5, 0.6) is 5.75 Å². The summed E-state index contributed by atoms with van der Waals surface area (Å²) in [5, 5.41) is 2.90. The number of carbonyl (C=O) groups is 1. The standard InChI is InChI=1S/C23H26F2N2O2/c1-15-12-19-22(16(2)21(15)26-20(28)13-23(25)8-9-23)29-11-3-10-27(19)14-17-4-6-18(24)7-5-17/h4-7,12H,3,8-11,13-14H2,1-2H3,(H,26,28). The monoisotopic (exact) mass is 400 g/mol. The molecule has 2 aliphatic rings. The third-order valence-electron chi connectivity index (χ3n) is 5.68. The molecule has 1 saturated carbocycles. The minimum absolute atomic E-state index is 0.0967. The van der Waals surface area contributed by atoms with Crippen LogP contribution in [0.4, 0.5) is 20.2 Å². The molecule has 0 saturated heterocycles. The van der Waals surface area contributed by atoms with Crippen LogP contribution < -0.4 is 15.0 Å². The lowest BCUT2D eigenvalue weighted by atomic mass is 10.0. The molecular formula is C23H26F2N2O2. The van der Waals surface area contributed by atoms with Crippen molar-refractivity contribution in [3.63, 3.8) is 0 Å². The molecule has 1 N–H and O–H groups in total. The Bertz CT molecular complexity index is 923. The molecule has 1 amide bonds. The summed E-state index contributed by atoms with van der Waals surface area (Å²) in [4.78, 5) is 14.5. The number of hydrogen-bond acceptors (Lipinski definition) is 3. The van der Waals surface area contributed by atoms with Crippen LogP contribution in [0.2, 0.25) is 0 Å². The number of alkyl halides is 1. The van der Waals surface area contributed by atoms with Crippen molar-refractivity contribution in [2.24, 2.45) is 0 Å². The van der Waals surface area contributed by atoms with E-state index in [1.807, 2.05) is 19.9 Å². The first-order valence-electron chi connectivity index (χ1n) is 10.1. The third kappa shape index (κ3) is 4.36. The van der Waals surface area contributed by atoms with Crippen molar-refractivity contribution >= 4 is 17.3 Å². The molecule has 29 heavy (non-hydrogen) atoms. The van der Waals surface area contributed by atoms with Crippen molar-refractivity contribution in [1.29, 1.82) is 0 Å². The summed E-state index contributed by atoms with van der Waals surface area (Å²) in [5.41, 5.74) is 3.12. The molecule has 1 aliphatic carbocycles. The highest BCUT2D eigenvalue weighted by molar-refractivity contribution is 5.94. The largest absolute Gasteiger partial charge is 0.491 e. The summed E-state index contributed by atoms with van der Waals surface area (Å²) < 4.78 is 33.2. The maximum atomic E-state index is 13.9. The van der Waals surface area contributed by atoms with Crippen LogP contribution in [0.25, 0.3) is 0 Å². The second-order valence-corrected chi connectivity index (χ2v) is 8.17. The highest BCUT2D eigenvalue weighted by Gasteiger charge is 2.45. The molecular weight excluding hydrogens is 374 g/mol. The molecule has 1 heterocycles. The molecule has 1 aliphatic heterocycles. The minimum Gasteiger partial charge on any atom is -0.491 e. The summed E-state index contributed by atoms with van der Waals surface area (Å²) in [6, 6.07) is 8.53. The SMILES string of the molecule is Cc1cc2c(c(C)c1NC(=O)CC1(F)CC1)OCCCN2Cc1ccc(F)cc1. The molecule has 0 aromatic heterocycles. The van der Waals surface area contributed by atoms with Gasteiger partial charge in [0.25, 0.3) is 0 Å². The zero-order valence-electron chi connectivity index (χ0n) is 16.9. The lowest BCUT2D eigenvalue weighted by molar-refractivity contribution is -0.117. The second kappa shape index (κ2) is 7.65. The summed E-state index contributed by atoms with van der Waals surface area (Å²) in [6.07, 6.45) is 1.69. The number of amides is 1. The van der Waals surface area contributed by atoms with E-state index in [4.69, 9.17) is 4.74 Å². The predicted molar refractivity (Wildman–Crippen MR) is 110 cm³/mol.